The number of halogens is 1. The number of likely N-dealkylation sites (tertiary alicyclic amines) is 1. The second-order valence-electron chi connectivity index (χ2n) is 7.51. The van der Waals surface area contributed by atoms with Crippen molar-refractivity contribution in [3.05, 3.63) is 53.9 Å². The van der Waals surface area contributed by atoms with E-state index >= 15 is 0 Å². The highest BCUT2D eigenvalue weighted by Crippen LogP contribution is 2.44. The molecule has 3 heterocycles. The molecule has 2 aromatic rings. The molecule has 2 unspecified atom stereocenters. The first-order valence-corrected chi connectivity index (χ1v) is 9.34. The number of aliphatic hydroxyl groups excluding tert-OH is 1. The maximum Gasteiger partial charge on any atom is 0.229 e. The average Bonchev–Trinajstić information content (AvgIpc) is 3.12. The minimum Gasteiger partial charge on any atom is -0.513 e. The van der Waals surface area contributed by atoms with Gasteiger partial charge in [0.15, 0.2) is 11.6 Å². The van der Waals surface area contributed by atoms with E-state index in [4.69, 9.17) is 0 Å². The third kappa shape index (κ3) is 3.22. The van der Waals surface area contributed by atoms with E-state index in [-0.39, 0.29) is 17.4 Å². The lowest BCUT2D eigenvalue weighted by Gasteiger charge is -2.45. The molecule has 1 fully saturated rings. The predicted octanol–water partition coefficient (Wildman–Crippen LogP) is 3.70. The number of carbonyl (C=O) groups is 1. The number of piperidine rings is 1. The highest BCUT2D eigenvalue weighted by atomic mass is 19.1. The van der Waals surface area contributed by atoms with E-state index in [0.717, 1.165) is 31.1 Å². The molecule has 2 aliphatic rings. The van der Waals surface area contributed by atoms with Gasteiger partial charge < -0.3 is 10.0 Å². The van der Waals surface area contributed by atoms with Crippen molar-refractivity contribution in [1.82, 2.24) is 19.7 Å². The van der Waals surface area contributed by atoms with Gasteiger partial charge >= 0.3 is 0 Å². The Bertz CT molecular complexity index is 876. The normalized spacial score (nSPS) is 24.1. The third-order valence-corrected chi connectivity index (χ3v) is 5.86. The summed E-state index contributed by atoms with van der Waals surface area (Å²) in [6.45, 7) is 2.74. The van der Waals surface area contributed by atoms with Crippen molar-refractivity contribution in [3.8, 4) is 5.82 Å². The lowest BCUT2D eigenvalue weighted by atomic mass is 9.70. The van der Waals surface area contributed by atoms with Crippen LogP contribution in [0.15, 0.2) is 42.6 Å². The van der Waals surface area contributed by atoms with Crippen LogP contribution in [0, 0.1) is 11.2 Å². The zero-order valence-electron chi connectivity index (χ0n) is 15.3. The summed E-state index contributed by atoms with van der Waals surface area (Å²) in [6, 6.07) is 3.60. The van der Waals surface area contributed by atoms with Crippen LogP contribution in [0.3, 0.4) is 0 Å². The molecule has 7 heteroatoms. The Morgan fingerprint density at radius 1 is 1.30 bits per heavy atom. The smallest absolute Gasteiger partial charge is 0.229 e. The Morgan fingerprint density at radius 2 is 2.15 bits per heavy atom. The molecule has 0 bridgehead atoms. The summed E-state index contributed by atoms with van der Waals surface area (Å²) in [5.74, 6) is 0.687. The molecule has 0 radical (unpaired) electrons. The summed E-state index contributed by atoms with van der Waals surface area (Å²) < 4.78 is 14.5. The van der Waals surface area contributed by atoms with E-state index in [1.165, 1.54) is 10.9 Å². The second kappa shape index (κ2) is 6.79. The number of aliphatic hydroxyl groups is 1. The summed E-state index contributed by atoms with van der Waals surface area (Å²) in [5.41, 5.74) is 0.560. The van der Waals surface area contributed by atoms with Crippen molar-refractivity contribution in [2.24, 2.45) is 5.41 Å². The molecule has 6 nitrogen and oxygen atoms in total. The Labute approximate surface area is 157 Å². The van der Waals surface area contributed by atoms with Crippen LogP contribution in [0.5, 0.6) is 0 Å². The minimum absolute atomic E-state index is 0.0925. The van der Waals surface area contributed by atoms with E-state index in [1.54, 1.807) is 18.3 Å². The van der Waals surface area contributed by atoms with E-state index < -0.39 is 5.82 Å². The van der Waals surface area contributed by atoms with Crippen LogP contribution in [-0.4, -0.2) is 37.2 Å². The van der Waals surface area contributed by atoms with Gasteiger partial charge in [-0.2, -0.15) is 5.10 Å². The van der Waals surface area contributed by atoms with Gasteiger partial charge in [-0.05, 0) is 50.3 Å². The summed E-state index contributed by atoms with van der Waals surface area (Å²) in [6.07, 6.45) is 9.67. The largest absolute Gasteiger partial charge is 0.513 e. The van der Waals surface area contributed by atoms with Crippen LogP contribution in [0.2, 0.25) is 0 Å². The maximum atomic E-state index is 13.3. The van der Waals surface area contributed by atoms with E-state index in [9.17, 15) is 14.3 Å². The van der Waals surface area contributed by atoms with E-state index in [0.29, 0.717) is 30.8 Å². The molecule has 142 valence electrons. The van der Waals surface area contributed by atoms with Crippen LogP contribution >= 0.6 is 0 Å². The number of pyridine rings is 1. The molecular formula is C20H23FN4O2. The van der Waals surface area contributed by atoms with Crippen molar-refractivity contribution in [1.29, 1.82) is 0 Å². The molecular weight excluding hydrogens is 347 g/mol. The van der Waals surface area contributed by atoms with Crippen molar-refractivity contribution in [2.45, 2.75) is 45.1 Å². The van der Waals surface area contributed by atoms with Gasteiger partial charge in [-0.3, -0.25) is 4.79 Å². The first kappa shape index (κ1) is 17.7. The van der Waals surface area contributed by atoms with Gasteiger partial charge in [-0.25, -0.2) is 14.1 Å². The molecule has 4 rings (SSSR count). The standard InChI is InChI=1S/C20H23FN4O2/c1-14(15-3-4-18(22-11-15)25-13-16(21)12-23-25)24-10-2-7-20(19(24)27)8-5-17(26)6-9-20/h3-5,11-14,26H,2,6-10H2,1H3. The molecule has 1 saturated heterocycles. The van der Waals surface area contributed by atoms with E-state index in [1.807, 2.05) is 17.9 Å². The topological polar surface area (TPSA) is 71.2 Å². The number of hydrogen-bond acceptors (Lipinski definition) is 4. The minimum atomic E-state index is -0.411. The summed E-state index contributed by atoms with van der Waals surface area (Å²) in [4.78, 5) is 19.6. The number of allylic oxidation sites excluding steroid dienone is 2. The van der Waals surface area contributed by atoms with Crippen molar-refractivity contribution >= 4 is 5.91 Å². The predicted molar refractivity (Wildman–Crippen MR) is 97.7 cm³/mol. The van der Waals surface area contributed by atoms with Crippen molar-refractivity contribution < 1.29 is 14.3 Å². The van der Waals surface area contributed by atoms with Crippen LogP contribution in [0.25, 0.3) is 5.82 Å². The SMILES string of the molecule is CC(c1ccc(-n2cc(F)cn2)nc1)N1CCCC2(CC=C(O)CC2)C1=O. The fraction of sp³-hybridized carbons (Fsp3) is 0.450. The summed E-state index contributed by atoms with van der Waals surface area (Å²) in [7, 11) is 0. The van der Waals surface area contributed by atoms with Gasteiger partial charge in [0.25, 0.3) is 0 Å². The highest BCUT2D eigenvalue weighted by Gasteiger charge is 2.45. The molecule has 1 amide bonds. The molecule has 0 aromatic carbocycles. The third-order valence-electron chi connectivity index (χ3n) is 5.86. The van der Waals surface area contributed by atoms with Gasteiger partial charge in [0.1, 0.15) is 0 Å². The second-order valence-corrected chi connectivity index (χ2v) is 7.51. The Morgan fingerprint density at radius 3 is 2.78 bits per heavy atom. The first-order chi connectivity index (χ1) is 13.0. The fourth-order valence-electron chi connectivity index (χ4n) is 4.16. The zero-order valence-corrected chi connectivity index (χ0v) is 15.3. The summed E-state index contributed by atoms with van der Waals surface area (Å²) in [5, 5.41) is 13.6. The molecule has 2 aromatic heterocycles. The molecule has 1 N–H and O–H groups in total. The highest BCUT2D eigenvalue weighted by molar-refractivity contribution is 5.84. The molecule has 1 aliphatic carbocycles. The quantitative estimate of drug-likeness (QED) is 0.894. The van der Waals surface area contributed by atoms with Crippen LogP contribution in [-0.2, 0) is 4.79 Å². The Kier molecular flexibility index (Phi) is 4.45. The van der Waals surface area contributed by atoms with Crippen molar-refractivity contribution in [3.63, 3.8) is 0 Å². The lowest BCUT2D eigenvalue weighted by molar-refractivity contribution is -0.150. The number of carbonyl (C=O) groups excluding carboxylic acids is 1. The average molecular weight is 370 g/mol. The molecule has 1 spiro atoms. The molecule has 0 saturated carbocycles. The van der Waals surface area contributed by atoms with Gasteiger partial charge in [-0.1, -0.05) is 6.07 Å². The number of hydrogen-bond donors (Lipinski definition) is 1. The zero-order chi connectivity index (χ0) is 19.0. The summed E-state index contributed by atoms with van der Waals surface area (Å²) >= 11 is 0. The number of aromatic nitrogens is 3. The Balaban J connectivity index is 1.53. The van der Waals surface area contributed by atoms with Gasteiger partial charge in [-0.15, -0.1) is 0 Å². The van der Waals surface area contributed by atoms with Crippen LogP contribution in [0.1, 0.15) is 50.6 Å². The molecule has 27 heavy (non-hydrogen) atoms. The van der Waals surface area contributed by atoms with Crippen LogP contribution in [0.4, 0.5) is 4.39 Å². The lowest BCUT2D eigenvalue weighted by Crippen LogP contribution is -2.50. The number of rotatable bonds is 3. The number of amides is 1. The monoisotopic (exact) mass is 370 g/mol. The van der Waals surface area contributed by atoms with Gasteiger partial charge in [0, 0.05) is 19.2 Å². The molecule has 1 aliphatic heterocycles. The molecule has 2 atom stereocenters. The Hall–Kier alpha value is -2.70. The van der Waals surface area contributed by atoms with Gasteiger partial charge in [0.2, 0.25) is 5.91 Å². The maximum absolute atomic E-state index is 13.3. The van der Waals surface area contributed by atoms with Gasteiger partial charge in [0.05, 0.1) is 29.6 Å². The van der Waals surface area contributed by atoms with Crippen LogP contribution < -0.4 is 0 Å². The van der Waals surface area contributed by atoms with Crippen molar-refractivity contribution in [2.75, 3.05) is 6.54 Å². The fourth-order valence-corrected chi connectivity index (χ4v) is 4.16. The van der Waals surface area contributed by atoms with E-state index in [2.05, 4.69) is 10.1 Å². The number of nitrogens with zero attached hydrogens (tertiary/aromatic N) is 4. The first-order valence-electron chi connectivity index (χ1n) is 9.34.